The van der Waals surface area contributed by atoms with Gasteiger partial charge in [-0.05, 0) is 22.9 Å². The quantitative estimate of drug-likeness (QED) is 0.115. The van der Waals surface area contributed by atoms with E-state index in [4.69, 9.17) is 4.42 Å². The summed E-state index contributed by atoms with van der Waals surface area (Å²) in [5, 5.41) is 13.9. The molecule has 0 aliphatic carbocycles. The summed E-state index contributed by atoms with van der Waals surface area (Å²) in [6.07, 6.45) is 2.89. The number of allylic oxidation sites excluding steroid dienone is 2. The first kappa shape index (κ1) is 31.2. The molecule has 2 heterocycles. The number of hydrogen-bond acceptors (Lipinski definition) is 5. The van der Waals surface area contributed by atoms with Gasteiger partial charge in [0.1, 0.15) is 17.7 Å². The number of carbonyl (C=O) groups is 1. The minimum Gasteiger partial charge on any atom is -0.512 e. The third-order valence-corrected chi connectivity index (χ3v) is 6.67. The summed E-state index contributed by atoms with van der Waals surface area (Å²) >= 11 is 0. The molecular formula is C34H37IrN2O3-. The summed E-state index contributed by atoms with van der Waals surface area (Å²) < 4.78 is 6.02. The van der Waals surface area contributed by atoms with Gasteiger partial charge in [-0.15, -0.1) is 35.4 Å². The van der Waals surface area contributed by atoms with E-state index in [0.29, 0.717) is 11.6 Å². The maximum atomic E-state index is 11.5. The molecule has 0 saturated carbocycles. The summed E-state index contributed by atoms with van der Waals surface area (Å²) in [7, 11) is 0. The number of aromatic nitrogens is 2. The van der Waals surface area contributed by atoms with Crippen LogP contribution in [0.1, 0.15) is 66.9 Å². The van der Waals surface area contributed by atoms with Crippen molar-refractivity contribution >= 4 is 38.6 Å². The van der Waals surface area contributed by atoms with Crippen LogP contribution in [0.15, 0.2) is 77.2 Å². The molecule has 211 valence electrons. The molecule has 0 atom stereocenters. The molecule has 40 heavy (non-hydrogen) atoms. The molecule has 0 spiro atoms. The first-order valence-electron chi connectivity index (χ1n) is 13.3. The van der Waals surface area contributed by atoms with Crippen LogP contribution in [0.25, 0.3) is 44.1 Å². The van der Waals surface area contributed by atoms with Crippen molar-refractivity contribution in [2.45, 2.75) is 61.3 Å². The van der Waals surface area contributed by atoms with E-state index in [9.17, 15) is 9.90 Å². The minimum absolute atomic E-state index is 0. The summed E-state index contributed by atoms with van der Waals surface area (Å²) in [6.45, 7) is 15.5. The molecule has 5 aromatic rings. The van der Waals surface area contributed by atoms with Crippen LogP contribution in [0.2, 0.25) is 0 Å². The summed E-state index contributed by atoms with van der Waals surface area (Å²) in [5.74, 6) is 0.583. The molecule has 0 aliphatic rings. The second-order valence-electron chi connectivity index (χ2n) is 12.3. The van der Waals surface area contributed by atoms with Gasteiger partial charge in [0.15, 0.2) is 5.78 Å². The Morgan fingerprint density at radius 3 is 2.15 bits per heavy atom. The van der Waals surface area contributed by atoms with Crippen molar-refractivity contribution in [3.8, 4) is 11.3 Å². The number of aliphatic hydroxyl groups excluding tert-OH is 1. The van der Waals surface area contributed by atoms with E-state index in [1.54, 1.807) is 6.33 Å². The summed E-state index contributed by atoms with van der Waals surface area (Å²) in [5.41, 5.74) is 3.76. The van der Waals surface area contributed by atoms with E-state index in [1.165, 1.54) is 17.0 Å². The number of aliphatic hydroxyl groups is 1. The Hall–Kier alpha value is -3.34. The second kappa shape index (κ2) is 12.0. The average Bonchev–Trinajstić information content (AvgIpc) is 3.24. The van der Waals surface area contributed by atoms with Gasteiger partial charge < -0.3 is 9.52 Å². The number of fused-ring (bicyclic) bond motifs is 4. The van der Waals surface area contributed by atoms with Crippen molar-refractivity contribution in [3.63, 3.8) is 0 Å². The van der Waals surface area contributed by atoms with Crippen molar-refractivity contribution in [1.29, 1.82) is 0 Å². The Kier molecular flexibility index (Phi) is 9.38. The zero-order valence-electron chi connectivity index (χ0n) is 24.4. The van der Waals surface area contributed by atoms with Gasteiger partial charge in [0.25, 0.3) is 0 Å². The molecule has 0 unspecified atom stereocenters. The first-order chi connectivity index (χ1) is 18.3. The molecule has 0 aliphatic heterocycles. The molecule has 0 fully saturated rings. The van der Waals surface area contributed by atoms with Crippen LogP contribution in [0, 0.1) is 16.9 Å². The Morgan fingerprint density at radius 2 is 1.60 bits per heavy atom. The van der Waals surface area contributed by atoms with Crippen molar-refractivity contribution in [2.24, 2.45) is 10.8 Å². The summed E-state index contributed by atoms with van der Waals surface area (Å²) in [4.78, 5) is 20.4. The predicted octanol–water partition coefficient (Wildman–Crippen LogP) is 9.21. The normalized spacial score (nSPS) is 12.4. The van der Waals surface area contributed by atoms with E-state index >= 15 is 0 Å². The first-order valence-corrected chi connectivity index (χ1v) is 13.3. The topological polar surface area (TPSA) is 76.2 Å². The molecule has 2 aromatic heterocycles. The van der Waals surface area contributed by atoms with Gasteiger partial charge in [-0.25, -0.2) is 4.98 Å². The number of benzene rings is 3. The van der Waals surface area contributed by atoms with Gasteiger partial charge in [0.2, 0.25) is 5.71 Å². The number of hydrogen-bond donors (Lipinski definition) is 1. The number of nitrogens with zero attached hydrogens (tertiary/aromatic N) is 2. The molecule has 0 amide bonds. The van der Waals surface area contributed by atoms with Crippen molar-refractivity contribution in [2.75, 3.05) is 0 Å². The van der Waals surface area contributed by atoms with Crippen molar-refractivity contribution < 1.29 is 34.4 Å². The van der Waals surface area contributed by atoms with Gasteiger partial charge in [-0.1, -0.05) is 85.6 Å². The van der Waals surface area contributed by atoms with Gasteiger partial charge in [-0.2, -0.15) is 0 Å². The minimum atomic E-state index is -0.417. The van der Waals surface area contributed by atoms with Crippen LogP contribution >= 0.6 is 0 Å². The molecular weight excluding hydrogens is 677 g/mol. The molecule has 5 nitrogen and oxygen atoms in total. The summed E-state index contributed by atoms with van der Waals surface area (Å²) in [6, 6.07) is 22.2. The second-order valence-corrected chi connectivity index (χ2v) is 12.3. The van der Waals surface area contributed by atoms with Crippen LogP contribution in [-0.2, 0) is 24.9 Å². The van der Waals surface area contributed by atoms with Crippen LogP contribution in [0.5, 0.6) is 0 Å². The molecule has 0 bridgehead atoms. The molecule has 5 rings (SSSR count). The van der Waals surface area contributed by atoms with E-state index in [0.717, 1.165) is 33.0 Å². The van der Waals surface area contributed by atoms with E-state index in [-0.39, 0.29) is 37.1 Å². The van der Waals surface area contributed by atoms with Crippen molar-refractivity contribution in [3.05, 3.63) is 84.4 Å². The van der Waals surface area contributed by atoms with Crippen LogP contribution in [0.3, 0.4) is 0 Å². The molecule has 6 heteroatoms. The van der Waals surface area contributed by atoms with Crippen LogP contribution in [0.4, 0.5) is 0 Å². The number of carbonyl (C=O) groups excluding carboxylic acids is 1. The standard InChI is InChI=1S/C23H17N2O.C11H20O2.Ir/c1-14(2)15-7-9-16(10-8-15)22-21-19-11-17-5-3-4-6-18(17)12-20(19)26-23(21)25-13-24-22;1-10(2,3)8(12)7-9(13)11(4,5)6;/h3-9,11-14H,1-2H3;7,12H,1-6H3;/q-1;;/b;8-7-;. The molecule has 3 aromatic carbocycles. The SMILES string of the molecule is CC(C)(C)C(=O)/C=C(\O)C(C)(C)C.CC(C)c1c[c-]c(-c2ncnc3oc4cc5ccccc5cc4c23)cc1.[Ir]. The average molecular weight is 714 g/mol. The monoisotopic (exact) mass is 714 g/mol. The zero-order chi connectivity index (χ0) is 28.5. The molecule has 0 saturated heterocycles. The number of ketones is 1. The smallest absolute Gasteiger partial charge is 0.221 e. The fourth-order valence-electron chi connectivity index (χ4n) is 4.00. The van der Waals surface area contributed by atoms with Gasteiger partial charge >= 0.3 is 0 Å². The Bertz CT molecular complexity index is 1670. The third-order valence-electron chi connectivity index (χ3n) is 6.67. The maximum Gasteiger partial charge on any atom is 0.221 e. The van der Waals surface area contributed by atoms with E-state index in [1.807, 2.05) is 59.7 Å². The fraction of sp³-hybridized carbons (Fsp3) is 0.324. The number of rotatable bonds is 3. The zero-order valence-corrected chi connectivity index (χ0v) is 26.8. The fourth-order valence-corrected chi connectivity index (χ4v) is 4.00. The van der Waals surface area contributed by atoms with Gasteiger partial charge in [0, 0.05) is 53.5 Å². The number of furan rings is 1. The Morgan fingerprint density at radius 1 is 0.950 bits per heavy atom. The molecule has 1 radical (unpaired) electrons. The predicted molar refractivity (Wildman–Crippen MR) is 160 cm³/mol. The van der Waals surface area contributed by atoms with Crippen LogP contribution < -0.4 is 0 Å². The van der Waals surface area contributed by atoms with Crippen LogP contribution in [-0.4, -0.2) is 20.9 Å². The molecule has 1 N–H and O–H groups in total. The van der Waals surface area contributed by atoms with Gasteiger partial charge in [0.05, 0.1) is 0 Å². The Labute approximate surface area is 250 Å². The van der Waals surface area contributed by atoms with E-state index < -0.39 is 5.41 Å². The van der Waals surface area contributed by atoms with Gasteiger partial charge in [-0.3, -0.25) is 9.78 Å². The van der Waals surface area contributed by atoms with Crippen molar-refractivity contribution in [1.82, 2.24) is 9.97 Å². The third kappa shape index (κ3) is 6.86. The maximum absolute atomic E-state index is 11.5. The van der Waals surface area contributed by atoms with E-state index in [2.05, 4.69) is 66.3 Å². The Balaban J connectivity index is 0.000000272. The largest absolute Gasteiger partial charge is 0.512 e.